The first-order valence-electron chi connectivity index (χ1n) is 9.08. The predicted octanol–water partition coefficient (Wildman–Crippen LogP) is 3.28. The zero-order valence-electron chi connectivity index (χ0n) is 16.0. The summed E-state index contributed by atoms with van der Waals surface area (Å²) in [5, 5.41) is 0. The summed E-state index contributed by atoms with van der Waals surface area (Å²) in [7, 11) is 0. The molecule has 1 saturated heterocycles. The Balaban J connectivity index is 1.66. The van der Waals surface area contributed by atoms with Crippen LogP contribution in [0.4, 0.5) is 19.0 Å². The lowest BCUT2D eigenvalue weighted by atomic mass is 10.2. The Bertz CT molecular complexity index is 844. The first kappa shape index (κ1) is 20.0. The minimum Gasteiger partial charge on any atom is -0.353 e. The lowest BCUT2D eigenvalue weighted by Gasteiger charge is -2.35. The average molecular weight is 393 g/mol. The van der Waals surface area contributed by atoms with Crippen molar-refractivity contribution in [1.82, 2.24) is 19.9 Å². The number of piperazine rings is 1. The van der Waals surface area contributed by atoms with Crippen LogP contribution in [0.5, 0.6) is 0 Å². The molecule has 0 aliphatic carbocycles. The van der Waals surface area contributed by atoms with Crippen molar-refractivity contribution >= 4 is 11.7 Å². The molecule has 0 radical (unpaired) electrons. The third-order valence-corrected chi connectivity index (χ3v) is 4.57. The Morgan fingerprint density at radius 3 is 2.32 bits per heavy atom. The van der Waals surface area contributed by atoms with Crippen LogP contribution in [0, 0.1) is 6.92 Å². The number of carbonyl (C=O) groups is 1. The van der Waals surface area contributed by atoms with Gasteiger partial charge in [-0.05, 0) is 19.1 Å². The maximum atomic E-state index is 12.6. The number of rotatable bonds is 3. The molecule has 0 saturated carbocycles. The predicted molar refractivity (Wildman–Crippen MR) is 98.2 cm³/mol. The van der Waals surface area contributed by atoms with Gasteiger partial charge in [-0.2, -0.15) is 13.2 Å². The smallest absolute Gasteiger partial charge is 0.353 e. The lowest BCUT2D eigenvalue weighted by Crippen LogP contribution is -2.49. The quantitative estimate of drug-likeness (QED) is 0.801. The van der Waals surface area contributed by atoms with Crippen molar-refractivity contribution in [1.29, 1.82) is 0 Å². The van der Waals surface area contributed by atoms with Crippen LogP contribution in [0.3, 0.4) is 0 Å². The summed E-state index contributed by atoms with van der Waals surface area (Å²) in [6, 6.07) is 3.93. The molecule has 3 rings (SSSR count). The minimum absolute atomic E-state index is 0.154. The molecular weight excluding hydrogens is 371 g/mol. The minimum atomic E-state index is -4.52. The van der Waals surface area contributed by atoms with Gasteiger partial charge in [0.15, 0.2) is 0 Å². The molecule has 0 atom stereocenters. The average Bonchev–Trinajstić information content (AvgIpc) is 2.66. The zero-order chi connectivity index (χ0) is 20.5. The fraction of sp³-hybridized carbons (Fsp3) is 0.474. The van der Waals surface area contributed by atoms with Gasteiger partial charge in [-0.25, -0.2) is 9.97 Å². The van der Waals surface area contributed by atoms with E-state index in [1.807, 2.05) is 26.8 Å². The fourth-order valence-corrected chi connectivity index (χ4v) is 3.00. The molecule has 3 heterocycles. The van der Waals surface area contributed by atoms with E-state index in [4.69, 9.17) is 0 Å². The molecule has 2 aromatic heterocycles. The highest BCUT2D eigenvalue weighted by Crippen LogP contribution is 2.27. The maximum absolute atomic E-state index is 12.6. The molecular formula is C19H22F3N5O. The molecule has 9 heteroatoms. The number of amides is 1. The van der Waals surface area contributed by atoms with Crippen LogP contribution in [0.15, 0.2) is 24.4 Å². The van der Waals surface area contributed by atoms with Crippen LogP contribution in [0.2, 0.25) is 0 Å². The fourth-order valence-electron chi connectivity index (χ4n) is 3.00. The summed E-state index contributed by atoms with van der Waals surface area (Å²) in [4.78, 5) is 28.7. The number of pyridine rings is 1. The summed E-state index contributed by atoms with van der Waals surface area (Å²) >= 11 is 0. The van der Waals surface area contributed by atoms with Crippen molar-refractivity contribution in [3.05, 3.63) is 47.2 Å². The molecule has 0 N–H and O–H groups in total. The summed E-state index contributed by atoms with van der Waals surface area (Å²) in [6.07, 6.45) is -3.53. The number of hydrogen-bond acceptors (Lipinski definition) is 5. The number of aryl methyl sites for hydroxylation is 1. The standard InChI is InChI=1S/C19H22F3N5O/c1-12(2)17-24-13(3)10-16(25-17)26-6-8-27(9-7-26)18(28)14-4-5-15(23-11-14)19(20,21)22/h4-5,10-12H,6-9H2,1-3H3. The molecule has 6 nitrogen and oxygen atoms in total. The number of halogens is 3. The van der Waals surface area contributed by atoms with E-state index in [9.17, 15) is 18.0 Å². The Kier molecular flexibility index (Phi) is 5.53. The third-order valence-electron chi connectivity index (χ3n) is 4.57. The third kappa shape index (κ3) is 4.40. The van der Waals surface area contributed by atoms with Gasteiger partial charge in [0.1, 0.15) is 17.3 Å². The number of alkyl halides is 3. The molecule has 0 aromatic carbocycles. The van der Waals surface area contributed by atoms with Crippen LogP contribution >= 0.6 is 0 Å². The summed E-state index contributed by atoms with van der Waals surface area (Å²) < 4.78 is 37.8. The number of aromatic nitrogens is 3. The van der Waals surface area contributed by atoms with E-state index in [1.165, 1.54) is 6.07 Å². The molecule has 1 aliphatic rings. The van der Waals surface area contributed by atoms with E-state index in [2.05, 4.69) is 19.9 Å². The van der Waals surface area contributed by atoms with Gasteiger partial charge in [-0.1, -0.05) is 13.8 Å². The number of carbonyl (C=O) groups excluding carboxylic acids is 1. The van der Waals surface area contributed by atoms with E-state index >= 15 is 0 Å². The Hall–Kier alpha value is -2.71. The summed E-state index contributed by atoms with van der Waals surface area (Å²) in [6.45, 7) is 8.09. The van der Waals surface area contributed by atoms with E-state index in [-0.39, 0.29) is 17.4 Å². The van der Waals surface area contributed by atoms with Crippen LogP contribution < -0.4 is 4.90 Å². The molecule has 0 spiro atoms. The van der Waals surface area contributed by atoms with Gasteiger partial charge in [-0.3, -0.25) is 9.78 Å². The topological polar surface area (TPSA) is 62.2 Å². The monoisotopic (exact) mass is 393 g/mol. The highest BCUT2D eigenvalue weighted by Gasteiger charge is 2.32. The van der Waals surface area contributed by atoms with Gasteiger partial charge in [0, 0.05) is 50.1 Å². The SMILES string of the molecule is Cc1cc(N2CCN(C(=O)c3ccc(C(F)(F)F)nc3)CC2)nc(C(C)C)n1. The first-order chi connectivity index (χ1) is 13.1. The number of hydrogen-bond donors (Lipinski definition) is 0. The maximum Gasteiger partial charge on any atom is 0.433 e. The van der Waals surface area contributed by atoms with Crippen LogP contribution in [-0.4, -0.2) is 51.9 Å². The van der Waals surface area contributed by atoms with E-state index in [1.54, 1.807) is 4.90 Å². The first-order valence-corrected chi connectivity index (χ1v) is 9.08. The number of nitrogens with zero attached hydrogens (tertiary/aromatic N) is 5. The molecule has 0 unspecified atom stereocenters. The van der Waals surface area contributed by atoms with Gasteiger partial charge in [0.05, 0.1) is 5.56 Å². The van der Waals surface area contributed by atoms with Gasteiger partial charge >= 0.3 is 6.18 Å². The molecule has 0 bridgehead atoms. The van der Waals surface area contributed by atoms with Gasteiger partial charge in [0.2, 0.25) is 0 Å². The van der Waals surface area contributed by atoms with E-state index < -0.39 is 11.9 Å². The van der Waals surface area contributed by atoms with Crippen LogP contribution in [0.25, 0.3) is 0 Å². The van der Waals surface area contributed by atoms with Gasteiger partial charge in [0.25, 0.3) is 5.91 Å². The van der Waals surface area contributed by atoms with Gasteiger partial charge < -0.3 is 9.80 Å². The van der Waals surface area contributed by atoms with Crippen molar-refractivity contribution in [3.8, 4) is 0 Å². The Morgan fingerprint density at radius 2 is 1.79 bits per heavy atom. The highest BCUT2D eigenvalue weighted by molar-refractivity contribution is 5.94. The molecule has 1 aliphatic heterocycles. The largest absolute Gasteiger partial charge is 0.433 e. The van der Waals surface area contributed by atoms with Gasteiger partial charge in [-0.15, -0.1) is 0 Å². The Labute approximate surface area is 161 Å². The van der Waals surface area contributed by atoms with Crippen molar-refractivity contribution in [2.45, 2.75) is 32.9 Å². The second-order valence-electron chi connectivity index (χ2n) is 7.09. The summed E-state index contributed by atoms with van der Waals surface area (Å²) in [5.74, 6) is 1.51. The highest BCUT2D eigenvalue weighted by atomic mass is 19.4. The molecule has 1 amide bonds. The van der Waals surface area contributed by atoms with Crippen molar-refractivity contribution in [3.63, 3.8) is 0 Å². The normalized spacial score (nSPS) is 15.2. The van der Waals surface area contributed by atoms with Crippen LogP contribution in [0.1, 0.15) is 47.3 Å². The van der Waals surface area contributed by atoms with E-state index in [0.717, 1.165) is 29.6 Å². The second kappa shape index (κ2) is 7.73. The van der Waals surface area contributed by atoms with E-state index in [0.29, 0.717) is 26.2 Å². The Morgan fingerprint density at radius 1 is 1.11 bits per heavy atom. The zero-order valence-corrected chi connectivity index (χ0v) is 16.0. The molecule has 150 valence electrons. The van der Waals surface area contributed by atoms with Crippen molar-refractivity contribution in [2.75, 3.05) is 31.1 Å². The molecule has 28 heavy (non-hydrogen) atoms. The summed E-state index contributed by atoms with van der Waals surface area (Å²) in [5.41, 5.74) is 0.0402. The van der Waals surface area contributed by atoms with Crippen molar-refractivity contribution < 1.29 is 18.0 Å². The number of anilines is 1. The lowest BCUT2D eigenvalue weighted by molar-refractivity contribution is -0.141. The van der Waals surface area contributed by atoms with Crippen molar-refractivity contribution in [2.24, 2.45) is 0 Å². The van der Waals surface area contributed by atoms with Crippen LogP contribution in [-0.2, 0) is 6.18 Å². The molecule has 1 fully saturated rings. The molecule has 2 aromatic rings. The second-order valence-corrected chi connectivity index (χ2v) is 7.09.